The predicted octanol–water partition coefficient (Wildman–Crippen LogP) is 1.49. The molecule has 1 heterocycles. The number of nitrogens with one attached hydrogen (secondary N) is 1. The summed E-state index contributed by atoms with van der Waals surface area (Å²) in [5.41, 5.74) is 0. The molecule has 0 saturated carbocycles. The lowest BCUT2D eigenvalue weighted by Crippen LogP contribution is -2.26. The summed E-state index contributed by atoms with van der Waals surface area (Å²) in [4.78, 5) is 10.6. The summed E-state index contributed by atoms with van der Waals surface area (Å²) in [6.45, 7) is 3.27. The van der Waals surface area contributed by atoms with Gasteiger partial charge in [0.1, 0.15) is 5.76 Å². The molecule has 1 aromatic rings. The van der Waals surface area contributed by atoms with E-state index >= 15 is 0 Å². The topological polar surface area (TPSA) is 71.7 Å². The molecule has 0 aliphatic carbocycles. The van der Waals surface area contributed by atoms with Crippen LogP contribution in [0.2, 0.25) is 0 Å². The Hall–Kier alpha value is -1.33. The largest absolute Gasteiger partial charge is 0.475 e. The summed E-state index contributed by atoms with van der Waals surface area (Å²) in [5.74, 6) is -0.443. The molecule has 16 heavy (non-hydrogen) atoms. The summed E-state index contributed by atoms with van der Waals surface area (Å²) in [7, 11) is 1.67. The van der Waals surface area contributed by atoms with Gasteiger partial charge in [0, 0.05) is 19.8 Å². The number of rotatable bonds is 7. The van der Waals surface area contributed by atoms with E-state index in [1.54, 1.807) is 13.2 Å². The van der Waals surface area contributed by atoms with Crippen molar-refractivity contribution in [2.45, 2.75) is 25.9 Å². The van der Waals surface area contributed by atoms with Crippen molar-refractivity contribution in [3.05, 3.63) is 23.7 Å². The van der Waals surface area contributed by atoms with E-state index in [4.69, 9.17) is 14.3 Å². The number of hydrogen-bond acceptors (Lipinski definition) is 4. The number of carboxylic acids is 1. The maximum absolute atomic E-state index is 10.6. The van der Waals surface area contributed by atoms with Crippen molar-refractivity contribution >= 4 is 5.97 Å². The zero-order chi connectivity index (χ0) is 12.0. The highest BCUT2D eigenvalue weighted by atomic mass is 16.5. The predicted molar refractivity (Wildman–Crippen MR) is 58.5 cm³/mol. The van der Waals surface area contributed by atoms with Gasteiger partial charge in [-0.3, -0.25) is 0 Å². The molecule has 0 saturated heterocycles. The lowest BCUT2D eigenvalue weighted by molar-refractivity contribution is 0.0660. The summed E-state index contributed by atoms with van der Waals surface area (Å²) < 4.78 is 10.1. The van der Waals surface area contributed by atoms with Crippen LogP contribution in [0.25, 0.3) is 0 Å². The standard InChI is InChI=1S/C11H17NO4/c1-8(5-6-15-2)12-7-9-3-4-10(16-9)11(13)14/h3-4,8,12H,5-7H2,1-2H3,(H,13,14). The van der Waals surface area contributed by atoms with Gasteiger partial charge in [0.2, 0.25) is 5.76 Å². The third kappa shape index (κ3) is 4.04. The van der Waals surface area contributed by atoms with Gasteiger partial charge in [-0.05, 0) is 25.5 Å². The third-order valence-electron chi connectivity index (χ3n) is 2.25. The van der Waals surface area contributed by atoms with Gasteiger partial charge in [-0.2, -0.15) is 0 Å². The number of aromatic carboxylic acids is 1. The van der Waals surface area contributed by atoms with Gasteiger partial charge in [0.05, 0.1) is 6.54 Å². The SMILES string of the molecule is COCCC(C)NCc1ccc(C(=O)O)o1. The average molecular weight is 227 g/mol. The molecule has 5 nitrogen and oxygen atoms in total. The number of carbonyl (C=O) groups is 1. The second-order valence-corrected chi connectivity index (χ2v) is 3.63. The molecule has 0 aliphatic heterocycles. The minimum atomic E-state index is -1.04. The highest BCUT2D eigenvalue weighted by molar-refractivity contribution is 5.84. The minimum absolute atomic E-state index is 0.0265. The Morgan fingerprint density at radius 2 is 2.38 bits per heavy atom. The van der Waals surface area contributed by atoms with Crippen molar-refractivity contribution in [2.24, 2.45) is 0 Å². The summed E-state index contributed by atoms with van der Waals surface area (Å²) in [6.07, 6.45) is 0.906. The van der Waals surface area contributed by atoms with Crippen molar-refractivity contribution in [2.75, 3.05) is 13.7 Å². The average Bonchev–Trinajstić information content (AvgIpc) is 2.72. The van der Waals surface area contributed by atoms with E-state index in [-0.39, 0.29) is 5.76 Å². The second-order valence-electron chi connectivity index (χ2n) is 3.63. The molecule has 1 aromatic heterocycles. The smallest absolute Gasteiger partial charge is 0.371 e. The Bertz CT molecular complexity index is 334. The minimum Gasteiger partial charge on any atom is -0.475 e. The lowest BCUT2D eigenvalue weighted by Gasteiger charge is -2.11. The van der Waals surface area contributed by atoms with Crippen LogP contribution >= 0.6 is 0 Å². The van der Waals surface area contributed by atoms with Crippen molar-refractivity contribution in [1.29, 1.82) is 0 Å². The molecule has 2 N–H and O–H groups in total. The first-order chi connectivity index (χ1) is 7.63. The first-order valence-electron chi connectivity index (χ1n) is 5.17. The van der Waals surface area contributed by atoms with E-state index in [2.05, 4.69) is 5.32 Å². The van der Waals surface area contributed by atoms with E-state index in [9.17, 15) is 4.79 Å². The van der Waals surface area contributed by atoms with Gasteiger partial charge in [0.25, 0.3) is 0 Å². The van der Waals surface area contributed by atoms with E-state index in [0.29, 0.717) is 25.0 Å². The van der Waals surface area contributed by atoms with Gasteiger partial charge in [-0.1, -0.05) is 0 Å². The number of furan rings is 1. The maximum atomic E-state index is 10.6. The van der Waals surface area contributed by atoms with Gasteiger partial charge < -0.3 is 19.6 Å². The highest BCUT2D eigenvalue weighted by Gasteiger charge is 2.09. The lowest BCUT2D eigenvalue weighted by atomic mass is 10.2. The molecule has 0 amide bonds. The molecule has 0 aliphatic rings. The van der Waals surface area contributed by atoms with E-state index in [1.165, 1.54) is 6.07 Å². The molecule has 0 fully saturated rings. The van der Waals surface area contributed by atoms with Crippen molar-refractivity contribution < 1.29 is 19.1 Å². The molecule has 1 rings (SSSR count). The quantitative estimate of drug-likeness (QED) is 0.738. The Morgan fingerprint density at radius 1 is 1.62 bits per heavy atom. The monoisotopic (exact) mass is 227 g/mol. The van der Waals surface area contributed by atoms with Gasteiger partial charge >= 0.3 is 5.97 Å². The van der Waals surface area contributed by atoms with E-state index in [0.717, 1.165) is 6.42 Å². The number of carboxylic acid groups (broad SMARTS) is 1. The summed E-state index contributed by atoms with van der Waals surface area (Å²) >= 11 is 0. The van der Waals surface area contributed by atoms with E-state index in [1.807, 2.05) is 6.92 Å². The van der Waals surface area contributed by atoms with Crippen LogP contribution in [-0.4, -0.2) is 30.8 Å². The summed E-state index contributed by atoms with van der Waals surface area (Å²) in [6, 6.07) is 3.43. The molecule has 1 atom stereocenters. The molecule has 5 heteroatoms. The third-order valence-corrected chi connectivity index (χ3v) is 2.25. The Morgan fingerprint density at radius 3 is 2.94 bits per heavy atom. The second kappa shape index (κ2) is 6.30. The fourth-order valence-corrected chi connectivity index (χ4v) is 1.26. The Labute approximate surface area is 94.4 Å². The van der Waals surface area contributed by atoms with Crippen LogP contribution < -0.4 is 5.32 Å². The van der Waals surface area contributed by atoms with Crippen LogP contribution in [-0.2, 0) is 11.3 Å². The fraction of sp³-hybridized carbons (Fsp3) is 0.545. The van der Waals surface area contributed by atoms with Gasteiger partial charge in [-0.25, -0.2) is 4.79 Å². The Balaban J connectivity index is 2.33. The molecular formula is C11H17NO4. The zero-order valence-electron chi connectivity index (χ0n) is 9.53. The van der Waals surface area contributed by atoms with Crippen LogP contribution in [0.5, 0.6) is 0 Å². The first kappa shape index (κ1) is 12.7. The fourth-order valence-electron chi connectivity index (χ4n) is 1.26. The van der Waals surface area contributed by atoms with Crippen molar-refractivity contribution in [3.8, 4) is 0 Å². The number of hydrogen-bond donors (Lipinski definition) is 2. The normalized spacial score (nSPS) is 12.6. The van der Waals surface area contributed by atoms with Crippen LogP contribution in [0.15, 0.2) is 16.5 Å². The van der Waals surface area contributed by atoms with Gasteiger partial charge in [0.15, 0.2) is 0 Å². The molecular weight excluding hydrogens is 210 g/mol. The highest BCUT2D eigenvalue weighted by Crippen LogP contribution is 2.07. The van der Waals surface area contributed by atoms with Crippen molar-refractivity contribution in [1.82, 2.24) is 5.32 Å². The Kier molecular flexibility index (Phi) is 5.01. The zero-order valence-corrected chi connectivity index (χ0v) is 9.53. The van der Waals surface area contributed by atoms with Crippen LogP contribution in [0.4, 0.5) is 0 Å². The van der Waals surface area contributed by atoms with Crippen LogP contribution in [0.3, 0.4) is 0 Å². The maximum Gasteiger partial charge on any atom is 0.371 e. The molecule has 0 aromatic carbocycles. The molecule has 0 spiro atoms. The van der Waals surface area contributed by atoms with E-state index < -0.39 is 5.97 Å². The van der Waals surface area contributed by atoms with Crippen LogP contribution in [0, 0.1) is 0 Å². The summed E-state index contributed by atoms with van der Waals surface area (Å²) in [5, 5.41) is 11.9. The van der Waals surface area contributed by atoms with Crippen molar-refractivity contribution in [3.63, 3.8) is 0 Å². The molecule has 0 bridgehead atoms. The first-order valence-corrected chi connectivity index (χ1v) is 5.17. The van der Waals surface area contributed by atoms with Crippen LogP contribution in [0.1, 0.15) is 29.7 Å². The number of methoxy groups -OCH3 is 1. The van der Waals surface area contributed by atoms with Gasteiger partial charge in [-0.15, -0.1) is 0 Å². The molecule has 1 unspecified atom stereocenters. The molecule has 90 valence electrons. The number of ether oxygens (including phenoxy) is 1. The molecule has 0 radical (unpaired) electrons.